The maximum Gasteiger partial charge on any atom is 0.326 e. The van der Waals surface area contributed by atoms with E-state index in [1.807, 2.05) is 13.0 Å². The lowest BCUT2D eigenvalue weighted by atomic mass is 10.2. The zero-order chi connectivity index (χ0) is 15.2. The van der Waals surface area contributed by atoms with Crippen LogP contribution in [0.3, 0.4) is 0 Å². The Morgan fingerprint density at radius 3 is 2.57 bits per heavy atom. The third kappa shape index (κ3) is 3.51. The standard InChI is InChI=1S/C16H15N3O2/c1-2-19(14-4-3-5-15(20)10-14)16(21)18-13-8-6-12(11-17)7-9-13/h3-10,20H,2H2,1H3,(H,18,21). The van der Waals surface area contributed by atoms with Crippen molar-refractivity contribution in [3.8, 4) is 11.8 Å². The van der Waals surface area contributed by atoms with E-state index in [1.54, 1.807) is 42.5 Å². The highest BCUT2D eigenvalue weighted by Crippen LogP contribution is 2.21. The molecular formula is C16H15N3O2. The molecule has 2 aromatic carbocycles. The highest BCUT2D eigenvalue weighted by molar-refractivity contribution is 6.01. The topological polar surface area (TPSA) is 76.4 Å². The van der Waals surface area contributed by atoms with Crippen LogP contribution >= 0.6 is 0 Å². The Kier molecular flexibility index (Phi) is 4.42. The molecule has 2 rings (SSSR count). The van der Waals surface area contributed by atoms with E-state index in [0.717, 1.165) is 0 Å². The van der Waals surface area contributed by atoms with E-state index in [9.17, 15) is 9.90 Å². The number of carbonyl (C=O) groups excluding carboxylic acids is 1. The fraction of sp³-hybridized carbons (Fsp3) is 0.125. The molecule has 5 nitrogen and oxygen atoms in total. The maximum atomic E-state index is 12.3. The quantitative estimate of drug-likeness (QED) is 0.906. The number of phenols is 1. The van der Waals surface area contributed by atoms with Crippen LogP contribution in [0.1, 0.15) is 12.5 Å². The number of nitriles is 1. The van der Waals surface area contributed by atoms with Gasteiger partial charge in [0.25, 0.3) is 0 Å². The molecular weight excluding hydrogens is 266 g/mol. The third-order valence-electron chi connectivity index (χ3n) is 2.97. The summed E-state index contributed by atoms with van der Waals surface area (Å²) >= 11 is 0. The number of amides is 2. The van der Waals surface area contributed by atoms with Crippen LogP contribution in [0.2, 0.25) is 0 Å². The summed E-state index contributed by atoms with van der Waals surface area (Å²) < 4.78 is 0. The van der Waals surface area contributed by atoms with Crippen LogP contribution in [0.4, 0.5) is 16.2 Å². The summed E-state index contributed by atoms with van der Waals surface area (Å²) in [6, 6.07) is 14.9. The van der Waals surface area contributed by atoms with Gasteiger partial charge in [-0.2, -0.15) is 5.26 Å². The second-order valence-corrected chi connectivity index (χ2v) is 4.38. The Morgan fingerprint density at radius 2 is 2.00 bits per heavy atom. The Hall–Kier alpha value is -3.00. The average Bonchev–Trinajstić information content (AvgIpc) is 2.49. The van der Waals surface area contributed by atoms with Crippen molar-refractivity contribution in [2.45, 2.75) is 6.92 Å². The number of hydrogen-bond acceptors (Lipinski definition) is 3. The summed E-state index contributed by atoms with van der Waals surface area (Å²) in [6.07, 6.45) is 0. The second kappa shape index (κ2) is 6.44. The van der Waals surface area contributed by atoms with E-state index < -0.39 is 0 Å². The Labute approximate surface area is 123 Å². The Balaban J connectivity index is 2.15. The zero-order valence-electron chi connectivity index (χ0n) is 11.6. The average molecular weight is 281 g/mol. The van der Waals surface area contributed by atoms with Gasteiger partial charge < -0.3 is 10.4 Å². The van der Waals surface area contributed by atoms with Gasteiger partial charge in [0.05, 0.1) is 11.6 Å². The predicted octanol–water partition coefficient (Wildman–Crippen LogP) is 3.32. The first-order valence-electron chi connectivity index (χ1n) is 6.51. The van der Waals surface area contributed by atoms with Crippen molar-refractivity contribution in [1.82, 2.24) is 0 Å². The molecule has 106 valence electrons. The molecule has 2 aromatic rings. The minimum atomic E-state index is -0.298. The largest absolute Gasteiger partial charge is 0.508 e. The molecule has 0 aliphatic rings. The highest BCUT2D eigenvalue weighted by atomic mass is 16.3. The number of rotatable bonds is 3. The minimum absolute atomic E-state index is 0.108. The lowest BCUT2D eigenvalue weighted by Gasteiger charge is -2.21. The van der Waals surface area contributed by atoms with E-state index >= 15 is 0 Å². The molecule has 0 saturated carbocycles. The number of urea groups is 1. The van der Waals surface area contributed by atoms with Gasteiger partial charge in [-0.15, -0.1) is 0 Å². The van der Waals surface area contributed by atoms with Crippen LogP contribution < -0.4 is 10.2 Å². The summed E-state index contributed by atoms with van der Waals surface area (Å²) in [6.45, 7) is 2.31. The molecule has 0 atom stereocenters. The minimum Gasteiger partial charge on any atom is -0.508 e. The first-order valence-corrected chi connectivity index (χ1v) is 6.51. The van der Waals surface area contributed by atoms with Crippen LogP contribution in [0.15, 0.2) is 48.5 Å². The molecule has 0 bridgehead atoms. The number of hydrogen-bond donors (Lipinski definition) is 2. The first-order chi connectivity index (χ1) is 10.1. The fourth-order valence-corrected chi connectivity index (χ4v) is 1.92. The van der Waals surface area contributed by atoms with Crippen LogP contribution in [-0.4, -0.2) is 17.7 Å². The molecule has 0 radical (unpaired) electrons. The molecule has 5 heteroatoms. The van der Waals surface area contributed by atoms with E-state index in [1.165, 1.54) is 11.0 Å². The molecule has 0 fully saturated rings. The van der Waals surface area contributed by atoms with Crippen molar-refractivity contribution < 1.29 is 9.90 Å². The van der Waals surface area contributed by atoms with Gasteiger partial charge in [-0.25, -0.2) is 4.79 Å². The van der Waals surface area contributed by atoms with Crippen molar-refractivity contribution in [3.63, 3.8) is 0 Å². The van der Waals surface area contributed by atoms with Gasteiger partial charge >= 0.3 is 6.03 Å². The second-order valence-electron chi connectivity index (χ2n) is 4.38. The number of aromatic hydroxyl groups is 1. The summed E-state index contributed by atoms with van der Waals surface area (Å²) in [4.78, 5) is 13.8. The predicted molar refractivity (Wildman–Crippen MR) is 81.3 cm³/mol. The van der Waals surface area contributed by atoms with E-state index in [2.05, 4.69) is 5.32 Å². The SMILES string of the molecule is CCN(C(=O)Nc1ccc(C#N)cc1)c1cccc(O)c1. The highest BCUT2D eigenvalue weighted by Gasteiger charge is 2.14. The monoisotopic (exact) mass is 281 g/mol. The number of carbonyl (C=O) groups is 1. The van der Waals surface area contributed by atoms with Crippen molar-refractivity contribution in [2.24, 2.45) is 0 Å². The van der Waals surface area contributed by atoms with Crippen molar-refractivity contribution in [3.05, 3.63) is 54.1 Å². The summed E-state index contributed by atoms with van der Waals surface area (Å²) in [5.74, 6) is 0.108. The molecule has 2 N–H and O–H groups in total. The van der Waals surface area contributed by atoms with Crippen LogP contribution in [-0.2, 0) is 0 Å². The van der Waals surface area contributed by atoms with E-state index in [-0.39, 0.29) is 11.8 Å². The summed E-state index contributed by atoms with van der Waals surface area (Å²) in [5, 5.41) is 21.0. The van der Waals surface area contributed by atoms with Crippen LogP contribution in [0.5, 0.6) is 5.75 Å². The van der Waals surface area contributed by atoms with E-state index in [4.69, 9.17) is 5.26 Å². The summed E-state index contributed by atoms with van der Waals surface area (Å²) in [7, 11) is 0. The van der Waals surface area contributed by atoms with Gasteiger partial charge in [-0.3, -0.25) is 4.90 Å². The Bertz CT molecular complexity index is 675. The normalized spacial score (nSPS) is 9.71. The molecule has 0 aromatic heterocycles. The van der Waals surface area contributed by atoms with Gasteiger partial charge in [-0.1, -0.05) is 6.07 Å². The zero-order valence-corrected chi connectivity index (χ0v) is 11.6. The van der Waals surface area contributed by atoms with E-state index in [0.29, 0.717) is 23.5 Å². The molecule has 0 spiro atoms. The Morgan fingerprint density at radius 1 is 1.29 bits per heavy atom. The molecule has 0 unspecified atom stereocenters. The van der Waals surface area contributed by atoms with Crippen LogP contribution in [0.25, 0.3) is 0 Å². The number of nitrogens with one attached hydrogen (secondary N) is 1. The van der Waals surface area contributed by atoms with Gasteiger partial charge in [-0.05, 0) is 43.3 Å². The van der Waals surface area contributed by atoms with Crippen LogP contribution in [0, 0.1) is 11.3 Å². The molecule has 0 heterocycles. The number of nitrogens with zero attached hydrogens (tertiary/aromatic N) is 2. The third-order valence-corrected chi connectivity index (χ3v) is 2.97. The fourth-order valence-electron chi connectivity index (χ4n) is 1.92. The lowest BCUT2D eigenvalue weighted by Crippen LogP contribution is -2.34. The summed E-state index contributed by atoms with van der Waals surface area (Å²) in [5.41, 5.74) is 1.76. The van der Waals surface area contributed by atoms with Gasteiger partial charge in [0.2, 0.25) is 0 Å². The van der Waals surface area contributed by atoms with Gasteiger partial charge in [0.15, 0.2) is 0 Å². The maximum absolute atomic E-state index is 12.3. The first kappa shape index (κ1) is 14.4. The van der Waals surface area contributed by atoms with Crippen molar-refractivity contribution >= 4 is 17.4 Å². The number of anilines is 2. The van der Waals surface area contributed by atoms with Gasteiger partial charge in [0, 0.05) is 24.0 Å². The number of benzene rings is 2. The van der Waals surface area contributed by atoms with Gasteiger partial charge in [0.1, 0.15) is 5.75 Å². The molecule has 2 amide bonds. The molecule has 0 aliphatic heterocycles. The lowest BCUT2D eigenvalue weighted by molar-refractivity contribution is 0.257. The van der Waals surface area contributed by atoms with Crippen molar-refractivity contribution in [1.29, 1.82) is 5.26 Å². The van der Waals surface area contributed by atoms with Crippen molar-refractivity contribution in [2.75, 3.05) is 16.8 Å². The number of phenolic OH excluding ortho intramolecular Hbond substituents is 1. The molecule has 21 heavy (non-hydrogen) atoms. The smallest absolute Gasteiger partial charge is 0.326 e. The molecule has 0 saturated heterocycles. The molecule has 0 aliphatic carbocycles.